The third-order valence-corrected chi connectivity index (χ3v) is 5.50. The number of fused-ring (bicyclic) bond motifs is 1. The van der Waals surface area contributed by atoms with E-state index < -0.39 is 0 Å². The zero-order valence-corrected chi connectivity index (χ0v) is 17.7. The number of hydrogen-bond acceptors (Lipinski definition) is 5. The first-order chi connectivity index (χ1) is 14.5. The van der Waals surface area contributed by atoms with E-state index in [0.717, 1.165) is 22.5 Å². The molecule has 0 atom stereocenters. The number of H-pyrrole nitrogens is 1. The standard InChI is InChI=1S/C22H22ClN3O4/c1-28-18-10-14(11-19(29-2)21(18)30-3)22(27)26-9-8-17-16(12-26)20(25-24-17)13-4-6-15(23)7-5-13/h4-7,10-11H,8-9,12H2,1-3H3,(H,24,25). The summed E-state index contributed by atoms with van der Waals surface area (Å²) in [5.74, 6) is 1.24. The quantitative estimate of drug-likeness (QED) is 0.667. The molecular weight excluding hydrogens is 406 g/mol. The van der Waals surface area contributed by atoms with Gasteiger partial charge in [-0.15, -0.1) is 0 Å². The highest BCUT2D eigenvalue weighted by Gasteiger charge is 2.28. The maximum absolute atomic E-state index is 13.3. The summed E-state index contributed by atoms with van der Waals surface area (Å²) in [6, 6.07) is 10.9. The van der Waals surface area contributed by atoms with Gasteiger partial charge >= 0.3 is 0 Å². The summed E-state index contributed by atoms with van der Waals surface area (Å²) in [5.41, 5.74) is 4.34. The van der Waals surface area contributed by atoms with Gasteiger partial charge in [0.25, 0.3) is 5.91 Å². The van der Waals surface area contributed by atoms with E-state index in [0.29, 0.717) is 47.3 Å². The second-order valence-corrected chi connectivity index (χ2v) is 7.36. The lowest BCUT2D eigenvalue weighted by Gasteiger charge is -2.27. The van der Waals surface area contributed by atoms with Crippen LogP contribution in [0.25, 0.3) is 11.3 Å². The molecule has 0 fully saturated rings. The number of aromatic amines is 1. The Labute approximate surface area is 179 Å². The number of hydrogen-bond donors (Lipinski definition) is 1. The summed E-state index contributed by atoms with van der Waals surface area (Å²) >= 11 is 6.01. The van der Waals surface area contributed by atoms with Gasteiger partial charge in [-0.2, -0.15) is 5.10 Å². The molecule has 1 aliphatic heterocycles. The zero-order valence-electron chi connectivity index (χ0n) is 17.0. The summed E-state index contributed by atoms with van der Waals surface area (Å²) in [6.07, 6.45) is 0.700. The minimum absolute atomic E-state index is 0.108. The number of aromatic nitrogens is 2. The van der Waals surface area contributed by atoms with E-state index in [1.165, 1.54) is 21.3 Å². The van der Waals surface area contributed by atoms with Crippen molar-refractivity contribution in [3.63, 3.8) is 0 Å². The second kappa shape index (κ2) is 8.28. The van der Waals surface area contributed by atoms with Crippen molar-refractivity contribution in [3.8, 4) is 28.5 Å². The Bertz CT molecular complexity index is 1050. The van der Waals surface area contributed by atoms with Crippen LogP contribution in [0, 0.1) is 0 Å². The van der Waals surface area contributed by atoms with Crippen LogP contribution >= 0.6 is 11.6 Å². The molecule has 0 saturated carbocycles. The first-order valence-corrected chi connectivity index (χ1v) is 9.84. The molecular formula is C22H22ClN3O4. The fourth-order valence-electron chi connectivity index (χ4n) is 3.70. The molecule has 0 spiro atoms. The van der Waals surface area contributed by atoms with Crippen LogP contribution in [-0.2, 0) is 13.0 Å². The number of carbonyl (C=O) groups excluding carboxylic acids is 1. The molecule has 1 N–H and O–H groups in total. The van der Waals surface area contributed by atoms with Gasteiger partial charge in [0.1, 0.15) is 0 Å². The zero-order chi connectivity index (χ0) is 21.3. The summed E-state index contributed by atoms with van der Waals surface area (Å²) < 4.78 is 16.1. The number of rotatable bonds is 5. The van der Waals surface area contributed by atoms with Crippen molar-refractivity contribution in [3.05, 3.63) is 58.2 Å². The Morgan fingerprint density at radius 2 is 1.73 bits per heavy atom. The summed E-state index contributed by atoms with van der Waals surface area (Å²) in [6.45, 7) is 1.05. The van der Waals surface area contributed by atoms with Gasteiger partial charge in [-0.05, 0) is 24.3 Å². The lowest BCUT2D eigenvalue weighted by molar-refractivity contribution is 0.0733. The van der Waals surface area contributed by atoms with Crippen LogP contribution in [0.2, 0.25) is 5.02 Å². The van der Waals surface area contributed by atoms with Crippen LogP contribution in [0.3, 0.4) is 0 Å². The Morgan fingerprint density at radius 1 is 1.07 bits per heavy atom. The molecule has 0 aliphatic carbocycles. The van der Waals surface area contributed by atoms with Gasteiger partial charge in [-0.25, -0.2) is 0 Å². The number of carbonyl (C=O) groups is 1. The van der Waals surface area contributed by atoms with Crippen molar-refractivity contribution >= 4 is 17.5 Å². The molecule has 1 aromatic heterocycles. The predicted molar refractivity (Wildman–Crippen MR) is 114 cm³/mol. The van der Waals surface area contributed by atoms with Crippen LogP contribution < -0.4 is 14.2 Å². The van der Waals surface area contributed by atoms with Crippen molar-refractivity contribution in [2.45, 2.75) is 13.0 Å². The van der Waals surface area contributed by atoms with E-state index in [1.807, 2.05) is 24.3 Å². The molecule has 8 heteroatoms. The third kappa shape index (κ3) is 3.57. The molecule has 3 aromatic rings. The van der Waals surface area contributed by atoms with E-state index >= 15 is 0 Å². The Morgan fingerprint density at radius 3 is 2.33 bits per heavy atom. The lowest BCUT2D eigenvalue weighted by atomic mass is 10.00. The summed E-state index contributed by atoms with van der Waals surface area (Å²) in [5, 5.41) is 8.26. The van der Waals surface area contributed by atoms with E-state index in [2.05, 4.69) is 10.2 Å². The number of nitrogens with zero attached hydrogens (tertiary/aromatic N) is 2. The largest absolute Gasteiger partial charge is 0.493 e. The molecule has 2 aromatic carbocycles. The number of ether oxygens (including phenoxy) is 3. The van der Waals surface area contributed by atoms with Crippen molar-refractivity contribution < 1.29 is 19.0 Å². The summed E-state index contributed by atoms with van der Waals surface area (Å²) in [7, 11) is 4.59. The van der Waals surface area contributed by atoms with Gasteiger partial charge in [-0.3, -0.25) is 9.89 Å². The van der Waals surface area contributed by atoms with Crippen molar-refractivity contribution in [2.75, 3.05) is 27.9 Å². The van der Waals surface area contributed by atoms with E-state index in [1.54, 1.807) is 17.0 Å². The van der Waals surface area contributed by atoms with Crippen LogP contribution in [0.4, 0.5) is 0 Å². The van der Waals surface area contributed by atoms with Crippen LogP contribution in [-0.4, -0.2) is 48.9 Å². The molecule has 0 unspecified atom stereocenters. The highest BCUT2D eigenvalue weighted by molar-refractivity contribution is 6.30. The first kappa shape index (κ1) is 20.1. The van der Waals surface area contributed by atoms with E-state index in [-0.39, 0.29) is 5.91 Å². The third-order valence-electron chi connectivity index (χ3n) is 5.25. The highest BCUT2D eigenvalue weighted by atomic mass is 35.5. The molecule has 30 heavy (non-hydrogen) atoms. The average molecular weight is 428 g/mol. The Kier molecular flexibility index (Phi) is 5.55. The molecule has 0 radical (unpaired) electrons. The number of halogens is 1. The van der Waals surface area contributed by atoms with Gasteiger partial charge in [0.2, 0.25) is 5.75 Å². The normalized spacial score (nSPS) is 13.0. The van der Waals surface area contributed by atoms with Crippen molar-refractivity contribution in [1.82, 2.24) is 15.1 Å². The molecule has 7 nitrogen and oxygen atoms in total. The number of nitrogens with one attached hydrogen (secondary N) is 1. The van der Waals surface area contributed by atoms with Gasteiger partial charge in [0, 0.05) is 46.9 Å². The molecule has 1 aliphatic rings. The molecule has 0 saturated heterocycles. The fraction of sp³-hybridized carbons (Fsp3) is 0.273. The minimum Gasteiger partial charge on any atom is -0.493 e. The van der Waals surface area contributed by atoms with E-state index in [4.69, 9.17) is 25.8 Å². The Hall–Kier alpha value is -3.19. The smallest absolute Gasteiger partial charge is 0.254 e. The van der Waals surface area contributed by atoms with Gasteiger partial charge in [-0.1, -0.05) is 23.7 Å². The van der Waals surface area contributed by atoms with E-state index in [9.17, 15) is 4.79 Å². The summed E-state index contributed by atoms with van der Waals surface area (Å²) in [4.78, 5) is 15.1. The van der Waals surface area contributed by atoms with Gasteiger partial charge in [0.15, 0.2) is 11.5 Å². The molecule has 4 rings (SSSR count). The van der Waals surface area contributed by atoms with Crippen molar-refractivity contribution in [2.24, 2.45) is 0 Å². The Balaban J connectivity index is 1.64. The fourth-order valence-corrected chi connectivity index (χ4v) is 3.83. The topological polar surface area (TPSA) is 76.7 Å². The molecule has 1 amide bonds. The first-order valence-electron chi connectivity index (χ1n) is 9.47. The van der Waals surface area contributed by atoms with Crippen LogP contribution in [0.5, 0.6) is 17.2 Å². The molecule has 156 valence electrons. The second-order valence-electron chi connectivity index (χ2n) is 6.93. The van der Waals surface area contributed by atoms with Gasteiger partial charge < -0.3 is 19.1 Å². The van der Waals surface area contributed by atoms with Crippen LogP contribution in [0.1, 0.15) is 21.6 Å². The molecule has 2 heterocycles. The monoisotopic (exact) mass is 427 g/mol. The number of benzene rings is 2. The predicted octanol–water partition coefficient (Wildman–Crippen LogP) is 3.95. The number of methoxy groups -OCH3 is 3. The average Bonchev–Trinajstić information content (AvgIpc) is 3.21. The maximum atomic E-state index is 13.3. The highest BCUT2D eigenvalue weighted by Crippen LogP contribution is 2.39. The SMILES string of the molecule is COc1cc(C(=O)N2CCc3[nH]nc(-c4ccc(Cl)cc4)c3C2)cc(OC)c1OC. The molecule has 0 bridgehead atoms. The van der Waals surface area contributed by atoms with Gasteiger partial charge in [0.05, 0.1) is 27.0 Å². The van der Waals surface area contributed by atoms with Crippen molar-refractivity contribution in [1.29, 1.82) is 0 Å². The van der Waals surface area contributed by atoms with Crippen LogP contribution in [0.15, 0.2) is 36.4 Å². The lowest BCUT2D eigenvalue weighted by Crippen LogP contribution is -2.36. The maximum Gasteiger partial charge on any atom is 0.254 e. The number of amides is 1. The minimum atomic E-state index is -0.108.